The average molecular weight is 556 g/mol. The van der Waals surface area contributed by atoms with Crippen LogP contribution in [0.5, 0.6) is 0 Å². The number of hydrogen-bond donors (Lipinski definition) is 2. The molecule has 10 nitrogen and oxygen atoms in total. The third-order valence-corrected chi connectivity index (χ3v) is 5.61. The van der Waals surface area contributed by atoms with Crippen molar-refractivity contribution in [3.05, 3.63) is 48.0 Å². The summed E-state index contributed by atoms with van der Waals surface area (Å²) in [6.45, 7) is 5.98. The molecule has 38 heavy (non-hydrogen) atoms. The molecule has 2 fully saturated rings. The summed E-state index contributed by atoms with van der Waals surface area (Å²) in [5.74, 6) is -4.96. The molecule has 2 atom stereocenters. The van der Waals surface area contributed by atoms with Crippen LogP contribution in [-0.4, -0.2) is 87.1 Å². The summed E-state index contributed by atoms with van der Waals surface area (Å²) < 4.78 is 77.1. The van der Waals surface area contributed by atoms with E-state index in [-0.39, 0.29) is 5.41 Å². The zero-order valence-corrected chi connectivity index (χ0v) is 20.1. The van der Waals surface area contributed by atoms with Gasteiger partial charge in [0, 0.05) is 56.0 Å². The highest BCUT2D eigenvalue weighted by Crippen LogP contribution is 2.42. The summed E-state index contributed by atoms with van der Waals surface area (Å²) >= 11 is 0. The van der Waals surface area contributed by atoms with Crippen molar-refractivity contribution in [1.82, 2.24) is 19.7 Å². The number of hydrogen-bond acceptors (Lipinski definition) is 7. The maximum atomic E-state index is 10.6. The number of aliphatic carboxylic acids is 2. The number of carboxylic acids is 2. The summed E-state index contributed by atoms with van der Waals surface area (Å²) in [5.41, 5.74) is 2.37. The fourth-order valence-corrected chi connectivity index (χ4v) is 3.92. The van der Waals surface area contributed by atoms with E-state index in [9.17, 15) is 26.3 Å². The number of carbonyl (C=O) groups is 2. The third kappa shape index (κ3) is 9.57. The van der Waals surface area contributed by atoms with Gasteiger partial charge in [-0.15, -0.1) is 0 Å². The van der Waals surface area contributed by atoms with Gasteiger partial charge in [-0.25, -0.2) is 9.59 Å². The first-order chi connectivity index (χ1) is 17.6. The van der Waals surface area contributed by atoms with Crippen molar-refractivity contribution in [3.63, 3.8) is 0 Å². The maximum absolute atomic E-state index is 10.6. The number of aromatic nitrogens is 3. The molecule has 212 valence electrons. The van der Waals surface area contributed by atoms with Gasteiger partial charge in [0.15, 0.2) is 0 Å². The van der Waals surface area contributed by atoms with Gasteiger partial charge in [0.1, 0.15) is 0 Å². The third-order valence-electron chi connectivity index (χ3n) is 5.61. The van der Waals surface area contributed by atoms with Crippen molar-refractivity contribution in [2.24, 2.45) is 18.4 Å². The molecule has 16 heteroatoms. The number of halogens is 6. The normalized spacial score (nSPS) is 21.1. The lowest BCUT2D eigenvalue weighted by atomic mass is 9.82. The first-order valence-electron chi connectivity index (χ1n) is 11.0. The Morgan fingerprint density at radius 2 is 1.79 bits per heavy atom. The van der Waals surface area contributed by atoms with Crippen molar-refractivity contribution in [2.75, 3.05) is 32.9 Å². The van der Waals surface area contributed by atoms with Crippen molar-refractivity contribution in [3.8, 4) is 0 Å². The molecule has 4 rings (SSSR count). The molecule has 0 aromatic carbocycles. The molecule has 2 aliphatic heterocycles. The van der Waals surface area contributed by atoms with Gasteiger partial charge in [0.2, 0.25) is 0 Å². The number of ether oxygens (including phenoxy) is 2. The first-order valence-corrected chi connectivity index (χ1v) is 11.0. The Bertz CT molecular complexity index is 1020. The number of rotatable bonds is 6. The topological polar surface area (TPSA) is 127 Å². The number of alkyl halides is 6. The van der Waals surface area contributed by atoms with E-state index in [1.807, 2.05) is 42.3 Å². The second-order valence-corrected chi connectivity index (χ2v) is 8.69. The lowest BCUT2D eigenvalue weighted by Gasteiger charge is -2.27. The number of nitrogens with zero attached hydrogens (tertiary/aromatic N) is 4. The number of carboxylic acid groups (broad SMARTS) is 2. The SMILES string of the molecule is Cn1cc(CN2C[C@@H]3COC[C@]3(COCc3ccccn3)C2)cn1.O=C(O)C(F)(F)F.O=C(O)C(F)(F)F. The van der Waals surface area contributed by atoms with Gasteiger partial charge in [-0.1, -0.05) is 6.07 Å². The van der Waals surface area contributed by atoms with Crippen LogP contribution in [-0.2, 0) is 39.3 Å². The Kier molecular flexibility index (Phi) is 10.6. The van der Waals surface area contributed by atoms with E-state index in [0.717, 1.165) is 45.1 Å². The molecule has 0 radical (unpaired) electrons. The van der Waals surface area contributed by atoms with Gasteiger partial charge in [-0.3, -0.25) is 14.6 Å². The molecule has 0 amide bonds. The zero-order valence-electron chi connectivity index (χ0n) is 20.1. The molecule has 2 saturated heterocycles. The van der Waals surface area contributed by atoms with Gasteiger partial charge in [-0.2, -0.15) is 31.4 Å². The van der Waals surface area contributed by atoms with E-state index < -0.39 is 24.3 Å². The van der Waals surface area contributed by atoms with E-state index in [1.165, 1.54) is 5.56 Å². The number of pyridine rings is 1. The fraction of sp³-hybridized carbons (Fsp3) is 0.545. The van der Waals surface area contributed by atoms with Crippen LogP contribution in [0.4, 0.5) is 26.3 Å². The van der Waals surface area contributed by atoms with Crippen molar-refractivity contribution in [1.29, 1.82) is 0 Å². The molecule has 0 saturated carbocycles. The van der Waals surface area contributed by atoms with Crippen molar-refractivity contribution >= 4 is 11.9 Å². The second kappa shape index (κ2) is 13.0. The van der Waals surface area contributed by atoms with E-state index in [0.29, 0.717) is 12.5 Å². The fourth-order valence-electron chi connectivity index (χ4n) is 3.92. The first kappa shape index (κ1) is 31.0. The highest BCUT2D eigenvalue weighted by atomic mass is 19.4. The van der Waals surface area contributed by atoms with Crippen LogP contribution in [0, 0.1) is 11.3 Å². The monoisotopic (exact) mass is 556 g/mol. The molecular formula is C22H26F6N4O6. The molecule has 0 bridgehead atoms. The summed E-state index contributed by atoms with van der Waals surface area (Å²) in [4.78, 5) is 24.6. The summed E-state index contributed by atoms with van der Waals surface area (Å²) in [7, 11) is 1.96. The van der Waals surface area contributed by atoms with Crippen LogP contribution in [0.1, 0.15) is 11.3 Å². The summed E-state index contributed by atoms with van der Waals surface area (Å²) in [6.07, 6.45) is -4.31. The Labute approximate surface area is 212 Å². The van der Waals surface area contributed by atoms with E-state index in [4.69, 9.17) is 29.3 Å². The van der Waals surface area contributed by atoms with Gasteiger partial charge in [0.25, 0.3) is 0 Å². The van der Waals surface area contributed by atoms with E-state index >= 15 is 0 Å². The Hall–Kier alpha value is -3.24. The molecule has 0 spiro atoms. The molecular weight excluding hydrogens is 530 g/mol. The van der Waals surface area contributed by atoms with Crippen LogP contribution in [0.2, 0.25) is 0 Å². The number of fused-ring (bicyclic) bond motifs is 1. The quantitative estimate of drug-likeness (QED) is 0.517. The number of aryl methyl sites for hydroxylation is 1. The summed E-state index contributed by atoms with van der Waals surface area (Å²) in [6, 6.07) is 5.93. The molecule has 2 aromatic rings. The van der Waals surface area contributed by atoms with Crippen LogP contribution in [0.25, 0.3) is 0 Å². The van der Waals surface area contributed by atoms with E-state index in [2.05, 4.69) is 21.2 Å². The lowest BCUT2D eigenvalue weighted by Crippen LogP contribution is -2.35. The van der Waals surface area contributed by atoms with Crippen LogP contribution < -0.4 is 0 Å². The largest absolute Gasteiger partial charge is 0.490 e. The minimum Gasteiger partial charge on any atom is -0.475 e. The van der Waals surface area contributed by atoms with Crippen LogP contribution in [0.15, 0.2) is 36.8 Å². The standard InChI is InChI=1S/C18H24N4O2.2C2HF3O2/c1-21-7-15(6-20-21)8-22-9-16-10-23-13-18(16,12-22)14-24-11-17-4-2-3-5-19-17;2*3-2(4,5)1(6)7/h2-7,16H,8-14H2,1H3;2*(H,6,7)/t16-,18+;;/m1../s1. The smallest absolute Gasteiger partial charge is 0.475 e. The highest BCUT2D eigenvalue weighted by molar-refractivity contribution is 5.73. The highest BCUT2D eigenvalue weighted by Gasteiger charge is 2.50. The molecule has 2 N–H and O–H groups in total. The molecule has 2 aliphatic rings. The molecule has 2 aromatic heterocycles. The minimum atomic E-state index is -5.08. The molecule has 4 heterocycles. The minimum absolute atomic E-state index is 0.122. The van der Waals surface area contributed by atoms with Crippen LogP contribution >= 0.6 is 0 Å². The predicted molar refractivity (Wildman–Crippen MR) is 117 cm³/mol. The Morgan fingerprint density at radius 3 is 2.29 bits per heavy atom. The Morgan fingerprint density at radius 1 is 1.16 bits per heavy atom. The predicted octanol–water partition coefficient (Wildman–Crippen LogP) is 2.75. The molecule has 0 aliphatic carbocycles. The van der Waals surface area contributed by atoms with Gasteiger partial charge in [-0.05, 0) is 12.1 Å². The van der Waals surface area contributed by atoms with E-state index in [1.54, 1.807) is 0 Å². The zero-order chi connectivity index (χ0) is 28.6. The molecule has 0 unspecified atom stereocenters. The summed E-state index contributed by atoms with van der Waals surface area (Å²) in [5, 5.41) is 18.5. The van der Waals surface area contributed by atoms with Crippen molar-refractivity contribution in [2.45, 2.75) is 25.5 Å². The Balaban J connectivity index is 0.000000301. The average Bonchev–Trinajstić information content (AvgIpc) is 3.48. The maximum Gasteiger partial charge on any atom is 0.490 e. The number of likely N-dealkylation sites (tertiary alicyclic amines) is 1. The second-order valence-electron chi connectivity index (χ2n) is 8.69. The van der Waals surface area contributed by atoms with Gasteiger partial charge in [0.05, 0.1) is 38.3 Å². The van der Waals surface area contributed by atoms with Gasteiger partial charge >= 0.3 is 24.3 Å². The van der Waals surface area contributed by atoms with Gasteiger partial charge < -0.3 is 19.7 Å². The lowest BCUT2D eigenvalue weighted by molar-refractivity contribution is -0.193. The van der Waals surface area contributed by atoms with Crippen LogP contribution in [0.3, 0.4) is 0 Å². The van der Waals surface area contributed by atoms with Crippen molar-refractivity contribution < 1.29 is 55.6 Å².